The van der Waals surface area contributed by atoms with Gasteiger partial charge in [0.25, 0.3) is 11.2 Å². The fraction of sp³-hybridized carbons (Fsp3) is 0.143. The van der Waals surface area contributed by atoms with Crippen LogP contribution in [0.2, 0.25) is 10.0 Å². The van der Waals surface area contributed by atoms with E-state index >= 15 is 0 Å². The van der Waals surface area contributed by atoms with Gasteiger partial charge in [0.2, 0.25) is 0 Å². The van der Waals surface area contributed by atoms with Crippen molar-refractivity contribution in [1.29, 1.82) is 0 Å². The SMILES string of the molecule is Cn1c(=O)c2c(nc(Sc3nc4ccccc4n3Cc3ccc([N+](=O)[O-])cc3)n2Cc2ccc(Cl)cc2Cl)n(C)c1=O. The van der Waals surface area contributed by atoms with Gasteiger partial charge in [-0.1, -0.05) is 53.5 Å². The molecule has 212 valence electrons. The summed E-state index contributed by atoms with van der Waals surface area (Å²) < 4.78 is 6.09. The van der Waals surface area contributed by atoms with E-state index in [1.54, 1.807) is 41.9 Å². The van der Waals surface area contributed by atoms with Crippen molar-refractivity contribution in [3.63, 3.8) is 0 Å². The van der Waals surface area contributed by atoms with Crippen LogP contribution in [0.5, 0.6) is 0 Å². The molecule has 0 spiro atoms. The third kappa shape index (κ3) is 4.87. The van der Waals surface area contributed by atoms with E-state index in [0.717, 1.165) is 21.2 Å². The van der Waals surface area contributed by atoms with Crippen LogP contribution in [0.15, 0.2) is 86.6 Å². The molecular weight excluding hydrogens is 601 g/mol. The van der Waals surface area contributed by atoms with E-state index < -0.39 is 16.2 Å². The fourth-order valence-electron chi connectivity index (χ4n) is 4.74. The first kappa shape index (κ1) is 27.8. The second-order valence-electron chi connectivity index (χ2n) is 9.59. The van der Waals surface area contributed by atoms with Gasteiger partial charge in [-0.2, -0.15) is 0 Å². The van der Waals surface area contributed by atoms with Crippen LogP contribution in [0, 0.1) is 10.1 Å². The first-order valence-electron chi connectivity index (χ1n) is 12.6. The predicted octanol–water partition coefficient (Wildman–Crippen LogP) is 5.25. The van der Waals surface area contributed by atoms with Gasteiger partial charge in [-0.3, -0.25) is 24.0 Å². The van der Waals surface area contributed by atoms with Crippen molar-refractivity contribution in [2.24, 2.45) is 14.1 Å². The standard InChI is InChI=1S/C28H21Cl2N7O4S/c1-33-24-23(25(38)34(2)28(33)39)36(15-17-9-10-18(29)13-20(17)30)27(32-24)42-26-31-21-5-3-4-6-22(21)35(26)14-16-7-11-19(12-8-16)37(40)41/h3-13H,14-15H2,1-2H3. The van der Waals surface area contributed by atoms with Crippen LogP contribution in [0.4, 0.5) is 5.69 Å². The Morgan fingerprint density at radius 1 is 0.881 bits per heavy atom. The molecule has 0 radical (unpaired) electrons. The van der Waals surface area contributed by atoms with Crippen LogP contribution >= 0.6 is 35.0 Å². The number of non-ortho nitro benzene ring substituents is 1. The molecule has 0 aliphatic rings. The molecule has 0 amide bonds. The van der Waals surface area contributed by atoms with Crippen LogP contribution in [0.25, 0.3) is 22.2 Å². The lowest BCUT2D eigenvalue weighted by Gasteiger charge is -2.12. The normalized spacial score (nSPS) is 11.5. The minimum Gasteiger partial charge on any atom is -0.314 e. The van der Waals surface area contributed by atoms with Gasteiger partial charge in [0.05, 0.1) is 29.0 Å². The molecule has 0 aliphatic heterocycles. The van der Waals surface area contributed by atoms with Crippen molar-refractivity contribution in [2.75, 3.05) is 0 Å². The number of halogens is 2. The molecule has 0 unspecified atom stereocenters. The molecule has 3 aromatic carbocycles. The van der Waals surface area contributed by atoms with Crippen LogP contribution in [-0.2, 0) is 27.2 Å². The van der Waals surface area contributed by atoms with E-state index in [9.17, 15) is 19.7 Å². The zero-order valence-corrected chi connectivity index (χ0v) is 24.5. The Balaban J connectivity index is 1.52. The van der Waals surface area contributed by atoms with Gasteiger partial charge < -0.3 is 9.13 Å². The Kier molecular flexibility index (Phi) is 7.13. The highest BCUT2D eigenvalue weighted by Gasteiger charge is 2.23. The number of nitro benzene ring substituents is 1. The highest BCUT2D eigenvalue weighted by Crippen LogP contribution is 2.33. The molecule has 0 saturated heterocycles. The number of fused-ring (bicyclic) bond motifs is 2. The van der Waals surface area contributed by atoms with Crippen LogP contribution < -0.4 is 11.2 Å². The fourth-order valence-corrected chi connectivity index (χ4v) is 6.19. The molecule has 3 aromatic heterocycles. The molecular formula is C28H21Cl2N7O4S. The molecule has 0 fully saturated rings. The number of hydrogen-bond acceptors (Lipinski definition) is 7. The molecule has 0 N–H and O–H groups in total. The van der Waals surface area contributed by atoms with Gasteiger partial charge in [-0.25, -0.2) is 14.8 Å². The number of hydrogen-bond donors (Lipinski definition) is 0. The number of nitrogens with zero attached hydrogens (tertiary/aromatic N) is 7. The molecule has 0 bridgehead atoms. The second-order valence-corrected chi connectivity index (χ2v) is 11.4. The van der Waals surface area contributed by atoms with Crippen molar-refractivity contribution in [3.8, 4) is 0 Å². The van der Waals surface area contributed by atoms with Gasteiger partial charge >= 0.3 is 5.69 Å². The monoisotopic (exact) mass is 621 g/mol. The number of aryl methyl sites for hydroxylation is 1. The second kappa shape index (κ2) is 10.8. The van der Waals surface area contributed by atoms with Crippen molar-refractivity contribution in [1.82, 2.24) is 28.2 Å². The lowest BCUT2D eigenvalue weighted by atomic mass is 10.2. The van der Waals surface area contributed by atoms with Crippen LogP contribution in [0.1, 0.15) is 11.1 Å². The molecule has 0 saturated carbocycles. The Labute approximate surface area is 251 Å². The lowest BCUT2D eigenvalue weighted by molar-refractivity contribution is -0.384. The molecule has 11 nitrogen and oxygen atoms in total. The van der Waals surface area contributed by atoms with Gasteiger partial charge in [0.1, 0.15) is 0 Å². The summed E-state index contributed by atoms with van der Waals surface area (Å²) in [5.41, 5.74) is 2.63. The summed E-state index contributed by atoms with van der Waals surface area (Å²) in [5, 5.41) is 13.1. The molecule has 42 heavy (non-hydrogen) atoms. The molecule has 0 atom stereocenters. The number of rotatable bonds is 7. The van der Waals surface area contributed by atoms with Crippen LogP contribution in [-0.4, -0.2) is 33.2 Å². The highest BCUT2D eigenvalue weighted by atomic mass is 35.5. The smallest absolute Gasteiger partial charge is 0.314 e. The van der Waals surface area contributed by atoms with Gasteiger partial charge in [-0.05, 0) is 47.2 Å². The predicted molar refractivity (Wildman–Crippen MR) is 162 cm³/mol. The maximum absolute atomic E-state index is 13.4. The number of aromatic nitrogens is 6. The van der Waals surface area contributed by atoms with Crippen molar-refractivity contribution in [3.05, 3.63) is 119 Å². The maximum Gasteiger partial charge on any atom is 0.332 e. The minimum atomic E-state index is -0.497. The van der Waals surface area contributed by atoms with Gasteiger partial charge in [0.15, 0.2) is 21.5 Å². The number of imidazole rings is 2. The first-order chi connectivity index (χ1) is 20.1. The summed E-state index contributed by atoms with van der Waals surface area (Å²) in [6, 6.07) is 19.1. The number of benzene rings is 3. The van der Waals surface area contributed by atoms with E-state index in [-0.39, 0.29) is 23.4 Å². The summed E-state index contributed by atoms with van der Waals surface area (Å²) in [6.45, 7) is 0.565. The van der Waals surface area contributed by atoms with E-state index in [0.29, 0.717) is 32.5 Å². The average Bonchev–Trinajstić information content (AvgIpc) is 3.50. The van der Waals surface area contributed by atoms with Crippen molar-refractivity contribution in [2.45, 2.75) is 23.4 Å². The summed E-state index contributed by atoms with van der Waals surface area (Å²) in [7, 11) is 2.99. The average molecular weight is 622 g/mol. The quantitative estimate of drug-likeness (QED) is 0.176. The summed E-state index contributed by atoms with van der Waals surface area (Å²) in [5.74, 6) is 0. The molecule has 3 heterocycles. The first-order valence-corrected chi connectivity index (χ1v) is 14.2. The number of nitro groups is 1. The Bertz CT molecular complexity index is 2150. The molecule has 14 heteroatoms. The van der Waals surface area contributed by atoms with E-state index in [2.05, 4.69) is 0 Å². The topological polar surface area (TPSA) is 123 Å². The summed E-state index contributed by atoms with van der Waals surface area (Å²) in [4.78, 5) is 46.4. The van der Waals surface area contributed by atoms with Gasteiger partial charge in [-0.15, -0.1) is 0 Å². The van der Waals surface area contributed by atoms with Gasteiger partial charge in [0, 0.05) is 36.3 Å². The van der Waals surface area contributed by atoms with Crippen molar-refractivity contribution < 1.29 is 4.92 Å². The Hall–Kier alpha value is -4.39. The summed E-state index contributed by atoms with van der Waals surface area (Å²) in [6.07, 6.45) is 0. The Morgan fingerprint density at radius 2 is 1.60 bits per heavy atom. The third-order valence-corrected chi connectivity index (χ3v) is 8.52. The highest BCUT2D eigenvalue weighted by molar-refractivity contribution is 7.99. The molecule has 6 aromatic rings. The maximum atomic E-state index is 13.4. The largest absolute Gasteiger partial charge is 0.332 e. The molecule has 0 aliphatic carbocycles. The van der Waals surface area contributed by atoms with E-state index in [1.165, 1.54) is 35.5 Å². The third-order valence-electron chi connectivity index (χ3n) is 6.95. The zero-order valence-electron chi connectivity index (χ0n) is 22.2. The Morgan fingerprint density at radius 3 is 2.31 bits per heavy atom. The minimum absolute atomic E-state index is 0.00519. The summed E-state index contributed by atoms with van der Waals surface area (Å²) >= 11 is 13.9. The van der Waals surface area contributed by atoms with E-state index in [1.807, 2.05) is 28.8 Å². The lowest BCUT2D eigenvalue weighted by Crippen LogP contribution is -2.37. The van der Waals surface area contributed by atoms with Crippen molar-refractivity contribution >= 4 is 62.8 Å². The zero-order chi connectivity index (χ0) is 29.7. The number of para-hydroxylation sites is 2. The molecule has 6 rings (SSSR count). The van der Waals surface area contributed by atoms with E-state index in [4.69, 9.17) is 33.2 Å². The van der Waals surface area contributed by atoms with Crippen LogP contribution in [0.3, 0.4) is 0 Å².